The molecule has 0 unspecified atom stereocenters. The molecular formula is C7H7ClFNO. The Labute approximate surface area is 69.0 Å². The third-order valence-electron chi connectivity index (χ3n) is 1.26. The largest absolute Gasteiger partial charge is 0.481 e. The Hall–Kier alpha value is -0.830. The Morgan fingerprint density at radius 3 is 2.91 bits per heavy atom. The first-order valence-corrected chi connectivity index (χ1v) is 3.55. The molecule has 0 fully saturated rings. The summed E-state index contributed by atoms with van der Waals surface area (Å²) in [6.07, 6.45) is 1.36. The maximum absolute atomic E-state index is 12.8. The first kappa shape index (κ1) is 8.27. The van der Waals surface area contributed by atoms with Gasteiger partial charge in [-0.1, -0.05) is 0 Å². The Morgan fingerprint density at radius 1 is 1.73 bits per heavy atom. The lowest BCUT2D eigenvalue weighted by Crippen LogP contribution is -1.92. The molecule has 1 aromatic heterocycles. The number of alkyl halides is 1. The number of rotatable bonds is 2. The minimum Gasteiger partial charge on any atom is -0.481 e. The lowest BCUT2D eigenvalue weighted by molar-refractivity contribution is 0.393. The third kappa shape index (κ3) is 1.80. The molecule has 1 rings (SSSR count). The molecule has 4 heteroatoms. The van der Waals surface area contributed by atoms with Gasteiger partial charge in [-0.15, -0.1) is 11.6 Å². The highest BCUT2D eigenvalue weighted by Crippen LogP contribution is 2.13. The molecule has 0 radical (unpaired) electrons. The maximum Gasteiger partial charge on any atom is 0.215 e. The van der Waals surface area contributed by atoms with Crippen LogP contribution in [0, 0.1) is 5.82 Å². The second kappa shape index (κ2) is 3.53. The highest BCUT2D eigenvalue weighted by Gasteiger charge is 2.02. The van der Waals surface area contributed by atoms with Crippen LogP contribution in [-0.2, 0) is 5.88 Å². The standard InChI is InChI=1S/C7H7ClFNO/c1-11-7-2-6(9)5(3-8)4-10-7/h2,4H,3H2,1H3. The average molecular weight is 176 g/mol. The number of methoxy groups -OCH3 is 1. The summed E-state index contributed by atoms with van der Waals surface area (Å²) in [4.78, 5) is 3.78. The summed E-state index contributed by atoms with van der Waals surface area (Å²) in [5.41, 5.74) is 0.382. The molecule has 0 atom stereocenters. The topological polar surface area (TPSA) is 22.1 Å². The molecule has 60 valence electrons. The van der Waals surface area contributed by atoms with E-state index in [2.05, 4.69) is 4.98 Å². The molecule has 0 saturated carbocycles. The van der Waals surface area contributed by atoms with Crippen LogP contribution < -0.4 is 4.74 Å². The van der Waals surface area contributed by atoms with Crippen LogP contribution in [0.1, 0.15) is 5.56 Å². The normalized spacial score (nSPS) is 9.73. The summed E-state index contributed by atoms with van der Waals surface area (Å²) in [5, 5.41) is 0. The number of ether oxygens (including phenoxy) is 1. The second-order valence-electron chi connectivity index (χ2n) is 1.95. The molecule has 0 aliphatic heterocycles. The fraction of sp³-hybridized carbons (Fsp3) is 0.286. The van der Waals surface area contributed by atoms with Gasteiger partial charge in [0.05, 0.1) is 13.0 Å². The summed E-state index contributed by atoms with van der Waals surface area (Å²) < 4.78 is 17.5. The molecule has 0 aromatic carbocycles. The Morgan fingerprint density at radius 2 is 2.45 bits per heavy atom. The summed E-state index contributed by atoms with van der Waals surface area (Å²) in [6, 6.07) is 1.21. The monoisotopic (exact) mass is 175 g/mol. The van der Waals surface area contributed by atoms with Crippen LogP contribution in [0.15, 0.2) is 12.3 Å². The van der Waals surface area contributed by atoms with Crippen molar-refractivity contribution < 1.29 is 9.13 Å². The molecule has 0 N–H and O–H groups in total. The number of pyridine rings is 1. The summed E-state index contributed by atoms with van der Waals surface area (Å²) >= 11 is 5.41. The van der Waals surface area contributed by atoms with Crippen molar-refractivity contribution in [2.24, 2.45) is 0 Å². The van der Waals surface area contributed by atoms with Crippen molar-refractivity contribution in [3.63, 3.8) is 0 Å². The maximum atomic E-state index is 12.8. The molecule has 2 nitrogen and oxygen atoms in total. The van der Waals surface area contributed by atoms with Gasteiger partial charge in [0.2, 0.25) is 5.88 Å². The predicted molar refractivity (Wildman–Crippen MR) is 40.3 cm³/mol. The van der Waals surface area contributed by atoms with E-state index in [0.29, 0.717) is 5.56 Å². The van der Waals surface area contributed by atoms with Gasteiger partial charge in [0.1, 0.15) is 5.82 Å². The zero-order valence-corrected chi connectivity index (χ0v) is 6.73. The fourth-order valence-corrected chi connectivity index (χ4v) is 0.848. The van der Waals surface area contributed by atoms with Crippen molar-refractivity contribution in [3.8, 4) is 5.88 Å². The summed E-state index contributed by atoms with van der Waals surface area (Å²) in [6.45, 7) is 0. The van der Waals surface area contributed by atoms with Gasteiger partial charge < -0.3 is 4.74 Å². The average Bonchev–Trinajstić information content (AvgIpc) is 2.04. The highest BCUT2D eigenvalue weighted by atomic mass is 35.5. The van der Waals surface area contributed by atoms with E-state index >= 15 is 0 Å². The van der Waals surface area contributed by atoms with Crippen LogP contribution in [0.3, 0.4) is 0 Å². The molecule has 1 aromatic rings. The van der Waals surface area contributed by atoms with Crippen molar-refractivity contribution in [1.29, 1.82) is 0 Å². The number of hydrogen-bond acceptors (Lipinski definition) is 2. The molecule has 0 aliphatic carbocycles. The number of aromatic nitrogens is 1. The van der Waals surface area contributed by atoms with Crippen LogP contribution in [-0.4, -0.2) is 12.1 Å². The van der Waals surface area contributed by atoms with E-state index in [0.717, 1.165) is 0 Å². The van der Waals surface area contributed by atoms with Gasteiger partial charge in [-0.3, -0.25) is 0 Å². The Kier molecular flexibility index (Phi) is 2.65. The van der Waals surface area contributed by atoms with Gasteiger partial charge in [0, 0.05) is 17.8 Å². The number of hydrogen-bond donors (Lipinski definition) is 0. The molecule has 0 amide bonds. The summed E-state index contributed by atoms with van der Waals surface area (Å²) in [5.74, 6) is 0.00578. The minimum absolute atomic E-state index is 0.128. The van der Waals surface area contributed by atoms with Gasteiger partial charge in [0.15, 0.2) is 0 Å². The van der Waals surface area contributed by atoms with Crippen LogP contribution in [0.5, 0.6) is 5.88 Å². The van der Waals surface area contributed by atoms with Gasteiger partial charge in [-0.2, -0.15) is 0 Å². The van der Waals surface area contributed by atoms with Gasteiger partial charge in [-0.25, -0.2) is 9.37 Å². The first-order chi connectivity index (χ1) is 5.27. The SMILES string of the molecule is COc1cc(F)c(CCl)cn1. The predicted octanol–water partition coefficient (Wildman–Crippen LogP) is 1.97. The zero-order valence-electron chi connectivity index (χ0n) is 5.97. The zero-order chi connectivity index (χ0) is 8.27. The quantitative estimate of drug-likeness (QED) is 0.642. The van der Waals surface area contributed by atoms with Gasteiger partial charge >= 0.3 is 0 Å². The Bertz CT molecular complexity index is 254. The van der Waals surface area contributed by atoms with E-state index in [4.69, 9.17) is 16.3 Å². The van der Waals surface area contributed by atoms with Crippen molar-refractivity contribution in [1.82, 2.24) is 4.98 Å². The van der Waals surface area contributed by atoms with Crippen molar-refractivity contribution in [2.45, 2.75) is 5.88 Å². The molecular weight excluding hydrogens is 169 g/mol. The van der Waals surface area contributed by atoms with E-state index in [1.807, 2.05) is 0 Å². The minimum atomic E-state index is -0.383. The van der Waals surface area contributed by atoms with Crippen molar-refractivity contribution in [2.75, 3.05) is 7.11 Å². The Balaban J connectivity index is 2.99. The van der Waals surface area contributed by atoms with E-state index in [9.17, 15) is 4.39 Å². The highest BCUT2D eigenvalue weighted by molar-refractivity contribution is 6.17. The lowest BCUT2D eigenvalue weighted by atomic mass is 10.3. The smallest absolute Gasteiger partial charge is 0.215 e. The molecule has 0 bridgehead atoms. The number of halogens is 2. The van der Waals surface area contributed by atoms with E-state index < -0.39 is 0 Å². The van der Waals surface area contributed by atoms with E-state index in [1.165, 1.54) is 19.4 Å². The van der Waals surface area contributed by atoms with Crippen LogP contribution in [0.4, 0.5) is 4.39 Å². The van der Waals surface area contributed by atoms with E-state index in [1.54, 1.807) is 0 Å². The fourth-order valence-electron chi connectivity index (χ4n) is 0.652. The molecule has 11 heavy (non-hydrogen) atoms. The van der Waals surface area contributed by atoms with E-state index in [-0.39, 0.29) is 17.6 Å². The van der Waals surface area contributed by atoms with Gasteiger partial charge in [-0.05, 0) is 0 Å². The second-order valence-corrected chi connectivity index (χ2v) is 2.22. The molecule has 0 aliphatic rings. The van der Waals surface area contributed by atoms with Crippen molar-refractivity contribution in [3.05, 3.63) is 23.6 Å². The lowest BCUT2D eigenvalue weighted by Gasteiger charge is -2.00. The summed E-state index contributed by atoms with van der Waals surface area (Å²) in [7, 11) is 1.43. The van der Waals surface area contributed by atoms with Gasteiger partial charge in [0.25, 0.3) is 0 Å². The molecule has 0 saturated heterocycles. The molecule has 0 spiro atoms. The van der Waals surface area contributed by atoms with Crippen LogP contribution >= 0.6 is 11.6 Å². The van der Waals surface area contributed by atoms with Crippen LogP contribution in [0.2, 0.25) is 0 Å². The van der Waals surface area contributed by atoms with Crippen molar-refractivity contribution >= 4 is 11.6 Å². The first-order valence-electron chi connectivity index (χ1n) is 3.02. The molecule has 1 heterocycles. The van der Waals surface area contributed by atoms with Crippen LogP contribution in [0.25, 0.3) is 0 Å². The third-order valence-corrected chi connectivity index (χ3v) is 1.55. The number of nitrogens with zero attached hydrogens (tertiary/aromatic N) is 1.